The lowest BCUT2D eigenvalue weighted by molar-refractivity contribution is -0.113. The quantitative estimate of drug-likeness (QED) is 0.446. The van der Waals surface area contributed by atoms with Gasteiger partial charge in [0.2, 0.25) is 5.91 Å². The van der Waals surface area contributed by atoms with E-state index in [4.69, 9.17) is 4.74 Å². The normalized spacial score (nSPS) is 10.3. The summed E-state index contributed by atoms with van der Waals surface area (Å²) in [4.78, 5) is 42.4. The zero-order chi connectivity index (χ0) is 18.2. The highest BCUT2D eigenvalue weighted by molar-refractivity contribution is 7.99. The molecule has 2 aromatic rings. The standard InChI is InChI=1S/C17H19N3O4S/c1-3-11-9-14(21)20-17(18-11)25-10-15(22)19-13-8-6-5-7-12(13)16(23)24-4-2/h5-9H,3-4,10H2,1-2H3,(H,19,22)(H,18,20,21). The second-order valence-electron chi connectivity index (χ2n) is 5.00. The molecule has 2 rings (SSSR count). The molecule has 7 nitrogen and oxygen atoms in total. The number of esters is 1. The SMILES string of the molecule is CCOC(=O)c1ccccc1NC(=O)CSc1nc(CC)cc(=O)[nH]1. The van der Waals surface area contributed by atoms with Crippen LogP contribution in [0.5, 0.6) is 0 Å². The van der Waals surface area contributed by atoms with E-state index in [2.05, 4.69) is 15.3 Å². The van der Waals surface area contributed by atoms with Gasteiger partial charge in [0.15, 0.2) is 5.16 Å². The van der Waals surface area contributed by atoms with Gasteiger partial charge in [-0.15, -0.1) is 0 Å². The molecule has 0 radical (unpaired) electrons. The number of H-pyrrole nitrogens is 1. The third-order valence-corrected chi connectivity index (χ3v) is 4.05. The van der Waals surface area contributed by atoms with Crippen LogP contribution in [0.2, 0.25) is 0 Å². The van der Waals surface area contributed by atoms with Crippen molar-refractivity contribution in [3.05, 3.63) is 51.9 Å². The summed E-state index contributed by atoms with van der Waals surface area (Å²) in [7, 11) is 0. The number of hydrogen-bond acceptors (Lipinski definition) is 6. The number of rotatable bonds is 7. The molecule has 0 bridgehead atoms. The number of para-hydroxylation sites is 1. The fourth-order valence-corrected chi connectivity index (χ4v) is 2.73. The first-order chi connectivity index (χ1) is 12.0. The van der Waals surface area contributed by atoms with Crippen LogP contribution in [0.3, 0.4) is 0 Å². The molecule has 0 aliphatic carbocycles. The van der Waals surface area contributed by atoms with Crippen LogP contribution < -0.4 is 10.9 Å². The average molecular weight is 361 g/mol. The Balaban J connectivity index is 2.03. The summed E-state index contributed by atoms with van der Waals surface area (Å²) >= 11 is 1.12. The van der Waals surface area contributed by atoms with E-state index in [9.17, 15) is 14.4 Å². The first-order valence-corrected chi connectivity index (χ1v) is 8.81. The Morgan fingerprint density at radius 2 is 2.04 bits per heavy atom. The van der Waals surface area contributed by atoms with E-state index < -0.39 is 5.97 Å². The Morgan fingerprint density at radius 1 is 1.28 bits per heavy atom. The molecule has 2 N–H and O–H groups in total. The number of nitrogens with zero attached hydrogens (tertiary/aromatic N) is 1. The maximum atomic E-state index is 12.2. The first-order valence-electron chi connectivity index (χ1n) is 7.82. The summed E-state index contributed by atoms with van der Waals surface area (Å²) < 4.78 is 4.97. The van der Waals surface area contributed by atoms with Crippen LogP contribution in [0.4, 0.5) is 5.69 Å². The van der Waals surface area contributed by atoms with Gasteiger partial charge in [0.05, 0.1) is 23.6 Å². The van der Waals surface area contributed by atoms with Gasteiger partial charge in [0.1, 0.15) is 0 Å². The maximum Gasteiger partial charge on any atom is 0.340 e. The second-order valence-corrected chi connectivity index (χ2v) is 5.96. The third kappa shape index (κ3) is 5.46. The van der Waals surface area contributed by atoms with Crippen LogP contribution in [-0.2, 0) is 16.0 Å². The lowest BCUT2D eigenvalue weighted by atomic mass is 10.2. The predicted molar refractivity (Wildman–Crippen MR) is 96.0 cm³/mol. The van der Waals surface area contributed by atoms with Crippen molar-refractivity contribution in [1.29, 1.82) is 0 Å². The zero-order valence-corrected chi connectivity index (χ0v) is 14.8. The van der Waals surface area contributed by atoms with Gasteiger partial charge in [-0.3, -0.25) is 9.59 Å². The van der Waals surface area contributed by atoms with Crippen LogP contribution in [0.15, 0.2) is 40.3 Å². The number of benzene rings is 1. The summed E-state index contributed by atoms with van der Waals surface area (Å²) in [5.41, 5.74) is 1.10. The lowest BCUT2D eigenvalue weighted by Crippen LogP contribution is -2.18. The van der Waals surface area contributed by atoms with Crippen molar-refractivity contribution in [3.8, 4) is 0 Å². The Kier molecular flexibility index (Phi) is 6.76. The molecular formula is C17H19N3O4S. The highest BCUT2D eigenvalue weighted by Gasteiger charge is 2.14. The molecule has 1 heterocycles. The number of thioether (sulfide) groups is 1. The molecule has 8 heteroatoms. The minimum absolute atomic E-state index is 0.0489. The van der Waals surface area contributed by atoms with Crippen LogP contribution in [0.1, 0.15) is 29.9 Å². The molecule has 0 aliphatic heterocycles. The molecule has 1 aromatic heterocycles. The predicted octanol–water partition coefficient (Wildman–Crippen LogP) is 2.24. The minimum atomic E-state index is -0.493. The van der Waals surface area contributed by atoms with E-state index in [-0.39, 0.29) is 23.8 Å². The molecule has 1 aromatic carbocycles. The number of aromatic amines is 1. The highest BCUT2D eigenvalue weighted by atomic mass is 32.2. The number of hydrogen-bond donors (Lipinski definition) is 2. The number of anilines is 1. The van der Waals surface area contributed by atoms with E-state index in [1.165, 1.54) is 6.07 Å². The molecule has 0 aliphatic rings. The van der Waals surface area contributed by atoms with E-state index in [1.807, 2.05) is 6.92 Å². The van der Waals surface area contributed by atoms with E-state index in [0.717, 1.165) is 11.8 Å². The van der Waals surface area contributed by atoms with Crippen LogP contribution in [0.25, 0.3) is 0 Å². The van der Waals surface area contributed by atoms with E-state index >= 15 is 0 Å². The lowest BCUT2D eigenvalue weighted by Gasteiger charge is -2.10. The summed E-state index contributed by atoms with van der Waals surface area (Å²) in [6.45, 7) is 3.87. The maximum absolute atomic E-state index is 12.2. The fourth-order valence-electron chi connectivity index (χ4n) is 2.03. The molecule has 0 saturated heterocycles. The summed E-state index contributed by atoms with van der Waals surface area (Å²) in [5.74, 6) is -0.758. The van der Waals surface area contributed by atoms with Gasteiger partial charge in [-0.05, 0) is 25.5 Å². The Morgan fingerprint density at radius 3 is 2.76 bits per heavy atom. The summed E-state index contributed by atoms with van der Waals surface area (Å²) in [6.07, 6.45) is 0.636. The molecule has 0 fully saturated rings. The van der Waals surface area contributed by atoms with Gasteiger partial charge in [-0.1, -0.05) is 30.8 Å². The first kappa shape index (κ1) is 18.7. The topological polar surface area (TPSA) is 101 Å². The van der Waals surface area contributed by atoms with Gasteiger partial charge < -0.3 is 15.0 Å². The van der Waals surface area contributed by atoms with Crippen LogP contribution >= 0.6 is 11.8 Å². The monoisotopic (exact) mass is 361 g/mol. The van der Waals surface area contributed by atoms with Crippen molar-refractivity contribution >= 4 is 29.3 Å². The fraction of sp³-hybridized carbons (Fsp3) is 0.294. The number of aromatic nitrogens is 2. The number of ether oxygens (including phenoxy) is 1. The summed E-state index contributed by atoms with van der Waals surface area (Å²) in [6, 6.07) is 8.06. The molecule has 25 heavy (non-hydrogen) atoms. The zero-order valence-electron chi connectivity index (χ0n) is 14.0. The highest BCUT2D eigenvalue weighted by Crippen LogP contribution is 2.18. The Hall–Kier alpha value is -2.61. The van der Waals surface area contributed by atoms with Crippen molar-refractivity contribution in [2.45, 2.75) is 25.4 Å². The molecule has 132 valence electrons. The largest absolute Gasteiger partial charge is 0.462 e. The molecule has 0 atom stereocenters. The van der Waals surface area contributed by atoms with Gasteiger partial charge in [0, 0.05) is 11.8 Å². The molecule has 0 saturated carbocycles. The van der Waals surface area contributed by atoms with Crippen molar-refractivity contribution in [3.63, 3.8) is 0 Å². The van der Waals surface area contributed by atoms with Crippen molar-refractivity contribution in [2.24, 2.45) is 0 Å². The number of carbonyl (C=O) groups is 2. The summed E-state index contributed by atoms with van der Waals surface area (Å²) in [5, 5.41) is 3.07. The van der Waals surface area contributed by atoms with Crippen LogP contribution in [0, 0.1) is 0 Å². The number of aryl methyl sites for hydroxylation is 1. The van der Waals surface area contributed by atoms with Crippen LogP contribution in [-0.4, -0.2) is 34.2 Å². The van der Waals surface area contributed by atoms with Gasteiger partial charge in [0.25, 0.3) is 5.56 Å². The minimum Gasteiger partial charge on any atom is -0.462 e. The molecule has 0 spiro atoms. The van der Waals surface area contributed by atoms with Crippen molar-refractivity contribution < 1.29 is 14.3 Å². The number of nitrogens with one attached hydrogen (secondary N) is 2. The van der Waals surface area contributed by atoms with Crippen molar-refractivity contribution in [2.75, 3.05) is 17.7 Å². The van der Waals surface area contributed by atoms with E-state index in [0.29, 0.717) is 28.5 Å². The number of amides is 1. The van der Waals surface area contributed by atoms with Gasteiger partial charge in [-0.2, -0.15) is 0 Å². The Bertz CT molecular complexity index is 820. The third-order valence-electron chi connectivity index (χ3n) is 3.17. The van der Waals surface area contributed by atoms with Gasteiger partial charge in [-0.25, -0.2) is 9.78 Å². The van der Waals surface area contributed by atoms with E-state index in [1.54, 1.807) is 31.2 Å². The van der Waals surface area contributed by atoms with Gasteiger partial charge >= 0.3 is 5.97 Å². The smallest absolute Gasteiger partial charge is 0.340 e. The average Bonchev–Trinajstić information content (AvgIpc) is 2.60. The van der Waals surface area contributed by atoms with Crippen molar-refractivity contribution in [1.82, 2.24) is 9.97 Å². The molecule has 0 unspecified atom stereocenters. The molecular weight excluding hydrogens is 342 g/mol. The molecule has 1 amide bonds. The number of carbonyl (C=O) groups excluding carboxylic acids is 2. The Labute approximate surface area is 149 Å². The second kappa shape index (κ2) is 9.03.